The number of carbonyl (C=O) groups excluding carboxylic acids is 1. The molecule has 2 aromatic rings. The fraction of sp³-hybridized carbons (Fsp3) is 0.214. The van der Waals surface area contributed by atoms with Crippen LogP contribution in [0.5, 0.6) is 0 Å². The molecule has 0 radical (unpaired) electrons. The minimum Gasteiger partial charge on any atom is -0.458 e. The van der Waals surface area contributed by atoms with Crippen molar-refractivity contribution in [2.45, 2.75) is 20.0 Å². The van der Waals surface area contributed by atoms with E-state index in [-0.39, 0.29) is 5.69 Å². The highest BCUT2D eigenvalue weighted by Crippen LogP contribution is 2.31. The van der Waals surface area contributed by atoms with Gasteiger partial charge in [0.1, 0.15) is 6.10 Å². The molecule has 1 atom stereocenters. The molecule has 0 aliphatic heterocycles. The molecule has 5 heteroatoms. The average Bonchev–Trinajstić information content (AvgIpc) is 2.36. The molecule has 19 heavy (non-hydrogen) atoms. The number of nitrogens with zero attached hydrogens (tertiary/aromatic N) is 1. The maximum absolute atomic E-state index is 11.1. The summed E-state index contributed by atoms with van der Waals surface area (Å²) in [7, 11) is 0. The Morgan fingerprint density at radius 1 is 1.26 bits per heavy atom. The Labute approximate surface area is 110 Å². The largest absolute Gasteiger partial charge is 0.458 e. The lowest BCUT2D eigenvalue weighted by atomic mass is 10.0. The van der Waals surface area contributed by atoms with Crippen LogP contribution >= 0.6 is 0 Å². The molecule has 0 amide bonds. The number of nitro groups is 1. The monoisotopic (exact) mass is 259 g/mol. The molecule has 0 aliphatic rings. The van der Waals surface area contributed by atoms with Crippen molar-refractivity contribution < 1.29 is 14.5 Å². The van der Waals surface area contributed by atoms with E-state index < -0.39 is 17.0 Å². The third-order valence-electron chi connectivity index (χ3n) is 2.87. The van der Waals surface area contributed by atoms with E-state index in [1.54, 1.807) is 13.0 Å². The van der Waals surface area contributed by atoms with Gasteiger partial charge in [-0.1, -0.05) is 24.3 Å². The van der Waals surface area contributed by atoms with Crippen molar-refractivity contribution in [3.63, 3.8) is 0 Å². The Hall–Kier alpha value is -2.43. The first-order valence-corrected chi connectivity index (χ1v) is 5.83. The molecule has 0 heterocycles. The quantitative estimate of drug-likeness (QED) is 0.481. The number of hydrogen-bond acceptors (Lipinski definition) is 4. The Morgan fingerprint density at radius 2 is 1.84 bits per heavy atom. The molecular weight excluding hydrogens is 246 g/mol. The second-order valence-electron chi connectivity index (χ2n) is 4.27. The molecule has 98 valence electrons. The molecule has 0 N–H and O–H groups in total. The molecule has 5 nitrogen and oxygen atoms in total. The van der Waals surface area contributed by atoms with Gasteiger partial charge in [0.25, 0.3) is 5.69 Å². The van der Waals surface area contributed by atoms with Crippen LogP contribution in [0.25, 0.3) is 10.8 Å². The Balaban J connectivity index is 2.59. The minimum absolute atomic E-state index is 0.0348. The number of fused-ring (bicyclic) bond motifs is 1. The first-order valence-electron chi connectivity index (χ1n) is 5.83. The van der Waals surface area contributed by atoms with Gasteiger partial charge in [-0.2, -0.15) is 0 Å². The van der Waals surface area contributed by atoms with Gasteiger partial charge in [0, 0.05) is 13.0 Å². The van der Waals surface area contributed by atoms with Gasteiger partial charge in [0.05, 0.1) is 10.5 Å². The minimum atomic E-state index is -0.650. The lowest BCUT2D eigenvalue weighted by molar-refractivity contribution is -0.386. The van der Waals surface area contributed by atoms with E-state index in [9.17, 15) is 14.9 Å². The van der Waals surface area contributed by atoms with E-state index in [4.69, 9.17) is 4.74 Å². The number of benzene rings is 2. The van der Waals surface area contributed by atoms with Crippen molar-refractivity contribution in [1.82, 2.24) is 0 Å². The maximum Gasteiger partial charge on any atom is 0.303 e. The molecule has 2 aromatic carbocycles. The van der Waals surface area contributed by atoms with Crippen molar-refractivity contribution in [3.8, 4) is 0 Å². The average molecular weight is 259 g/mol. The predicted octanol–water partition coefficient (Wildman–Crippen LogP) is 3.37. The Morgan fingerprint density at radius 3 is 2.37 bits per heavy atom. The summed E-state index contributed by atoms with van der Waals surface area (Å²) in [4.78, 5) is 21.6. The zero-order valence-corrected chi connectivity index (χ0v) is 10.6. The van der Waals surface area contributed by atoms with Crippen LogP contribution in [0, 0.1) is 10.1 Å². The third kappa shape index (κ3) is 2.70. The highest BCUT2D eigenvalue weighted by molar-refractivity contribution is 5.86. The molecule has 0 saturated carbocycles. The zero-order valence-electron chi connectivity index (χ0n) is 10.6. The smallest absolute Gasteiger partial charge is 0.303 e. The Bertz CT molecular complexity index is 651. The summed E-state index contributed by atoms with van der Waals surface area (Å²) in [5.41, 5.74) is 0.367. The number of rotatable bonds is 3. The highest BCUT2D eigenvalue weighted by atomic mass is 16.6. The molecule has 0 bridgehead atoms. The van der Waals surface area contributed by atoms with E-state index in [0.29, 0.717) is 5.56 Å². The zero-order chi connectivity index (χ0) is 14.0. The van der Waals surface area contributed by atoms with Gasteiger partial charge in [-0.3, -0.25) is 14.9 Å². The van der Waals surface area contributed by atoms with Gasteiger partial charge in [0.2, 0.25) is 0 Å². The van der Waals surface area contributed by atoms with Gasteiger partial charge in [-0.25, -0.2) is 0 Å². The maximum atomic E-state index is 11.1. The third-order valence-corrected chi connectivity index (χ3v) is 2.87. The van der Waals surface area contributed by atoms with Gasteiger partial charge >= 0.3 is 5.97 Å². The van der Waals surface area contributed by atoms with Crippen LogP contribution in [-0.2, 0) is 9.53 Å². The number of nitro benzene ring substituents is 1. The molecule has 2 rings (SSSR count). The van der Waals surface area contributed by atoms with Gasteiger partial charge in [-0.05, 0) is 23.8 Å². The van der Waals surface area contributed by atoms with Crippen LogP contribution in [-0.4, -0.2) is 10.9 Å². The van der Waals surface area contributed by atoms with Gasteiger partial charge in [0.15, 0.2) is 0 Å². The topological polar surface area (TPSA) is 69.4 Å². The molecular formula is C14H13NO4. The van der Waals surface area contributed by atoms with Crippen molar-refractivity contribution in [2.75, 3.05) is 0 Å². The standard InChI is InChI=1S/C14H13NO4/c1-9(19-10(2)16)13-7-11-5-3-4-6-12(11)8-14(13)15(17)18/h3-9H,1-2H3. The number of esters is 1. The number of hydrogen-bond donors (Lipinski definition) is 0. The molecule has 0 aromatic heterocycles. The summed E-state index contributed by atoms with van der Waals surface area (Å²) in [5.74, 6) is -0.463. The summed E-state index contributed by atoms with van der Waals surface area (Å²) in [6.07, 6.45) is -0.650. The van der Waals surface area contributed by atoms with Gasteiger partial charge < -0.3 is 4.74 Å². The molecule has 0 fully saturated rings. The second kappa shape index (κ2) is 5.06. The van der Waals surface area contributed by atoms with Crippen LogP contribution in [0.4, 0.5) is 5.69 Å². The summed E-state index contributed by atoms with van der Waals surface area (Å²) < 4.78 is 5.03. The fourth-order valence-electron chi connectivity index (χ4n) is 2.04. The molecule has 0 aliphatic carbocycles. The van der Waals surface area contributed by atoms with E-state index in [0.717, 1.165) is 10.8 Å². The Kier molecular flexibility index (Phi) is 3.46. The van der Waals surface area contributed by atoms with Gasteiger partial charge in [-0.15, -0.1) is 0 Å². The van der Waals surface area contributed by atoms with E-state index in [1.165, 1.54) is 13.0 Å². The first-order chi connectivity index (χ1) is 8.99. The fourth-order valence-corrected chi connectivity index (χ4v) is 2.04. The van der Waals surface area contributed by atoms with Crippen molar-refractivity contribution in [1.29, 1.82) is 0 Å². The SMILES string of the molecule is CC(=O)OC(C)c1cc2ccccc2cc1[N+](=O)[O-]. The summed E-state index contributed by atoms with van der Waals surface area (Å²) >= 11 is 0. The van der Waals surface area contributed by atoms with Crippen molar-refractivity contribution >= 4 is 22.4 Å². The molecule has 1 unspecified atom stereocenters. The van der Waals surface area contributed by atoms with Crippen LogP contribution in [0.1, 0.15) is 25.5 Å². The van der Waals surface area contributed by atoms with E-state index in [2.05, 4.69) is 0 Å². The number of ether oxygens (including phenoxy) is 1. The van der Waals surface area contributed by atoms with Crippen LogP contribution < -0.4 is 0 Å². The summed E-state index contributed by atoms with van der Waals surface area (Å²) in [6, 6.07) is 10.5. The number of carbonyl (C=O) groups is 1. The van der Waals surface area contributed by atoms with Crippen LogP contribution in [0.2, 0.25) is 0 Å². The molecule has 0 spiro atoms. The second-order valence-corrected chi connectivity index (χ2v) is 4.27. The van der Waals surface area contributed by atoms with Crippen molar-refractivity contribution in [2.24, 2.45) is 0 Å². The van der Waals surface area contributed by atoms with Crippen molar-refractivity contribution in [3.05, 3.63) is 52.1 Å². The lowest BCUT2D eigenvalue weighted by Gasteiger charge is -2.13. The summed E-state index contributed by atoms with van der Waals surface area (Å²) in [5, 5.41) is 12.8. The first kappa shape index (κ1) is 13.0. The lowest BCUT2D eigenvalue weighted by Crippen LogP contribution is -2.07. The predicted molar refractivity (Wildman–Crippen MR) is 70.8 cm³/mol. The van der Waals surface area contributed by atoms with E-state index >= 15 is 0 Å². The van der Waals surface area contributed by atoms with E-state index in [1.807, 2.05) is 24.3 Å². The summed E-state index contributed by atoms with van der Waals surface area (Å²) in [6.45, 7) is 2.90. The highest BCUT2D eigenvalue weighted by Gasteiger charge is 2.21. The normalized spacial score (nSPS) is 12.1. The van der Waals surface area contributed by atoms with Crippen LogP contribution in [0.3, 0.4) is 0 Å². The van der Waals surface area contributed by atoms with Crippen LogP contribution in [0.15, 0.2) is 36.4 Å². The molecule has 0 saturated heterocycles.